The predicted octanol–water partition coefficient (Wildman–Crippen LogP) is 2.14. The van der Waals surface area contributed by atoms with Crippen molar-refractivity contribution in [1.82, 2.24) is 9.97 Å². The Morgan fingerprint density at radius 2 is 2.27 bits per heavy atom. The van der Waals surface area contributed by atoms with Crippen LogP contribution in [0.25, 0.3) is 10.3 Å². The van der Waals surface area contributed by atoms with Crippen LogP contribution in [0.3, 0.4) is 0 Å². The fourth-order valence-electron chi connectivity index (χ4n) is 1.03. The molecule has 0 radical (unpaired) electrons. The number of halogens is 1. The Bertz CT molecular complexity index is 606. The van der Waals surface area contributed by atoms with Crippen molar-refractivity contribution in [2.45, 2.75) is 11.3 Å². The third-order valence-corrected chi connectivity index (χ3v) is 5.23. The molecule has 80 valence electrons. The Kier molecular flexibility index (Phi) is 2.66. The molecule has 0 fully saturated rings. The van der Waals surface area contributed by atoms with Crippen LogP contribution in [0.15, 0.2) is 16.6 Å². The minimum Gasteiger partial charge on any atom is -0.234 e. The van der Waals surface area contributed by atoms with E-state index in [2.05, 4.69) is 9.97 Å². The maximum absolute atomic E-state index is 11.5. The second-order valence-corrected chi connectivity index (χ2v) is 6.78. The monoisotopic (exact) mass is 262 g/mol. The largest absolute Gasteiger partial charge is 0.234 e. The molecule has 0 atom stereocenters. The van der Waals surface area contributed by atoms with E-state index in [0.717, 1.165) is 11.3 Å². The van der Waals surface area contributed by atoms with Gasteiger partial charge in [-0.05, 0) is 6.07 Å². The second-order valence-electron chi connectivity index (χ2n) is 2.86. The summed E-state index contributed by atoms with van der Waals surface area (Å²) < 4.78 is 23.9. The first-order valence-corrected chi connectivity index (χ1v) is 7.02. The molecule has 0 aliphatic heterocycles. The summed E-state index contributed by atoms with van der Waals surface area (Å²) in [5.41, 5.74) is 0.427. The molecule has 0 saturated carbocycles. The number of nitrogens with zero attached hydrogens (tertiary/aromatic N) is 2. The van der Waals surface area contributed by atoms with Crippen molar-refractivity contribution in [2.75, 3.05) is 5.75 Å². The summed E-state index contributed by atoms with van der Waals surface area (Å²) in [6.45, 7) is 1.59. The van der Waals surface area contributed by atoms with Crippen molar-refractivity contribution in [3.63, 3.8) is 0 Å². The van der Waals surface area contributed by atoms with Gasteiger partial charge in [-0.2, -0.15) is 0 Å². The molecule has 2 aromatic rings. The first-order valence-electron chi connectivity index (χ1n) is 4.18. The van der Waals surface area contributed by atoms with Crippen LogP contribution < -0.4 is 0 Å². The highest BCUT2D eigenvalue weighted by molar-refractivity contribution is 7.93. The number of sulfone groups is 1. The average molecular weight is 263 g/mol. The SMILES string of the molecule is CCS(=O)(=O)c1nc2ncc(Cl)cc2s1. The predicted molar refractivity (Wildman–Crippen MR) is 60.2 cm³/mol. The van der Waals surface area contributed by atoms with Crippen LogP contribution in [0, 0.1) is 0 Å². The van der Waals surface area contributed by atoms with Gasteiger partial charge in [-0.3, -0.25) is 0 Å². The molecule has 15 heavy (non-hydrogen) atoms. The molecule has 0 N–H and O–H groups in total. The molecule has 0 aromatic carbocycles. The molecule has 0 aliphatic rings. The van der Waals surface area contributed by atoms with E-state index in [1.807, 2.05) is 0 Å². The van der Waals surface area contributed by atoms with Gasteiger partial charge in [-0.1, -0.05) is 18.5 Å². The zero-order valence-electron chi connectivity index (χ0n) is 7.77. The zero-order chi connectivity index (χ0) is 11.1. The molecule has 0 spiro atoms. The van der Waals surface area contributed by atoms with Crippen molar-refractivity contribution >= 4 is 43.1 Å². The molecular weight excluding hydrogens is 256 g/mol. The number of pyridine rings is 1. The highest BCUT2D eigenvalue weighted by Crippen LogP contribution is 2.26. The van der Waals surface area contributed by atoms with Gasteiger partial charge in [0.25, 0.3) is 0 Å². The third-order valence-electron chi connectivity index (χ3n) is 1.84. The van der Waals surface area contributed by atoms with Gasteiger partial charge in [-0.25, -0.2) is 18.4 Å². The summed E-state index contributed by atoms with van der Waals surface area (Å²) in [6, 6.07) is 1.66. The Labute approximate surface area is 95.9 Å². The molecule has 7 heteroatoms. The summed E-state index contributed by atoms with van der Waals surface area (Å²) in [5, 5.41) is 0.478. The molecule has 4 nitrogen and oxygen atoms in total. The van der Waals surface area contributed by atoms with Gasteiger partial charge in [-0.15, -0.1) is 11.3 Å². The summed E-state index contributed by atoms with van der Waals surface area (Å²) in [5.74, 6) is 0.0422. The van der Waals surface area contributed by atoms with Crippen LogP contribution in [-0.2, 0) is 9.84 Å². The molecule has 2 heterocycles. The Morgan fingerprint density at radius 1 is 1.53 bits per heavy atom. The first kappa shape index (κ1) is 10.8. The minimum absolute atomic E-state index is 0.0422. The lowest BCUT2D eigenvalue weighted by Gasteiger charge is -1.91. The molecule has 0 unspecified atom stereocenters. The first-order chi connectivity index (χ1) is 7.03. The van der Waals surface area contributed by atoms with E-state index in [1.165, 1.54) is 6.20 Å². The number of rotatable bonds is 2. The van der Waals surface area contributed by atoms with E-state index >= 15 is 0 Å². The summed E-state index contributed by atoms with van der Waals surface area (Å²) >= 11 is 6.84. The van der Waals surface area contributed by atoms with E-state index < -0.39 is 9.84 Å². The summed E-state index contributed by atoms with van der Waals surface area (Å²) in [6.07, 6.45) is 1.45. The quantitative estimate of drug-likeness (QED) is 0.832. The smallest absolute Gasteiger partial charge is 0.211 e. The lowest BCUT2D eigenvalue weighted by Crippen LogP contribution is -2.02. The van der Waals surface area contributed by atoms with E-state index in [-0.39, 0.29) is 10.1 Å². The van der Waals surface area contributed by atoms with Crippen molar-refractivity contribution in [1.29, 1.82) is 0 Å². The summed E-state index contributed by atoms with van der Waals surface area (Å²) in [4.78, 5) is 7.91. The van der Waals surface area contributed by atoms with Gasteiger partial charge in [0.1, 0.15) is 0 Å². The lowest BCUT2D eigenvalue weighted by atomic mass is 10.5. The van der Waals surface area contributed by atoms with E-state index in [4.69, 9.17) is 11.6 Å². The molecule has 2 aromatic heterocycles. The molecular formula is C8H7ClN2O2S2. The van der Waals surface area contributed by atoms with Crippen LogP contribution in [-0.4, -0.2) is 24.1 Å². The van der Waals surface area contributed by atoms with Gasteiger partial charge < -0.3 is 0 Å². The molecule has 0 bridgehead atoms. The van der Waals surface area contributed by atoms with Gasteiger partial charge >= 0.3 is 0 Å². The number of hydrogen-bond acceptors (Lipinski definition) is 5. The molecule has 0 aliphatic carbocycles. The Hall–Kier alpha value is -0.720. The molecule has 0 amide bonds. The second kappa shape index (κ2) is 3.70. The summed E-state index contributed by atoms with van der Waals surface area (Å²) in [7, 11) is -3.25. The molecule has 0 saturated heterocycles. The highest BCUT2D eigenvalue weighted by atomic mass is 35.5. The van der Waals surface area contributed by atoms with E-state index in [9.17, 15) is 8.42 Å². The fraction of sp³-hybridized carbons (Fsp3) is 0.250. The van der Waals surface area contributed by atoms with E-state index in [0.29, 0.717) is 15.4 Å². The van der Waals surface area contributed by atoms with E-state index in [1.54, 1.807) is 13.0 Å². The van der Waals surface area contributed by atoms with Gasteiger partial charge in [0.2, 0.25) is 14.2 Å². The molecule has 2 rings (SSSR count). The van der Waals surface area contributed by atoms with Gasteiger partial charge in [0.05, 0.1) is 15.5 Å². The number of thiazole rings is 1. The van der Waals surface area contributed by atoms with Crippen LogP contribution in [0.5, 0.6) is 0 Å². The standard InChI is InChI=1S/C8H7ClN2O2S2/c1-2-15(12,13)8-11-7-6(14-8)3-5(9)4-10-7/h3-4H,2H2,1H3. The topological polar surface area (TPSA) is 59.9 Å². The van der Waals surface area contributed by atoms with Crippen molar-refractivity contribution in [3.8, 4) is 0 Å². The number of fused-ring (bicyclic) bond motifs is 1. The number of aromatic nitrogens is 2. The average Bonchev–Trinajstić information content (AvgIpc) is 2.61. The van der Waals surface area contributed by atoms with Crippen molar-refractivity contribution in [3.05, 3.63) is 17.3 Å². The van der Waals surface area contributed by atoms with Crippen molar-refractivity contribution < 1.29 is 8.42 Å². The van der Waals surface area contributed by atoms with Crippen LogP contribution in [0.4, 0.5) is 0 Å². The fourth-order valence-corrected chi connectivity index (χ4v) is 3.55. The minimum atomic E-state index is -3.25. The normalized spacial score (nSPS) is 12.1. The zero-order valence-corrected chi connectivity index (χ0v) is 10.2. The van der Waals surface area contributed by atoms with Crippen LogP contribution in [0.2, 0.25) is 5.02 Å². The van der Waals surface area contributed by atoms with Crippen LogP contribution in [0.1, 0.15) is 6.92 Å². The highest BCUT2D eigenvalue weighted by Gasteiger charge is 2.17. The number of hydrogen-bond donors (Lipinski definition) is 0. The van der Waals surface area contributed by atoms with Gasteiger partial charge in [0, 0.05) is 6.20 Å². The Morgan fingerprint density at radius 3 is 2.93 bits per heavy atom. The van der Waals surface area contributed by atoms with Crippen LogP contribution >= 0.6 is 22.9 Å². The maximum Gasteiger partial charge on any atom is 0.211 e. The van der Waals surface area contributed by atoms with Crippen molar-refractivity contribution in [2.24, 2.45) is 0 Å². The van der Waals surface area contributed by atoms with Gasteiger partial charge in [0.15, 0.2) is 5.65 Å². The lowest BCUT2D eigenvalue weighted by molar-refractivity contribution is 0.596. The maximum atomic E-state index is 11.5. The third kappa shape index (κ3) is 1.97. The Balaban J connectivity index is 2.67.